The summed E-state index contributed by atoms with van der Waals surface area (Å²) >= 11 is 6.39. The van der Waals surface area contributed by atoms with E-state index in [1.165, 1.54) is 24.3 Å². The third kappa shape index (κ3) is 5.91. The van der Waals surface area contributed by atoms with Crippen LogP contribution in [-0.4, -0.2) is 42.0 Å². The molecule has 1 atom stereocenters. The van der Waals surface area contributed by atoms with Gasteiger partial charge in [0.15, 0.2) is 0 Å². The molecule has 0 radical (unpaired) electrons. The summed E-state index contributed by atoms with van der Waals surface area (Å²) in [6.07, 6.45) is 0.859. The van der Waals surface area contributed by atoms with E-state index in [1.54, 1.807) is 18.2 Å². The van der Waals surface area contributed by atoms with Crippen LogP contribution in [0.3, 0.4) is 0 Å². The molecule has 1 aliphatic rings. The lowest BCUT2D eigenvalue weighted by Gasteiger charge is -2.32. The first-order chi connectivity index (χ1) is 17.8. The van der Waals surface area contributed by atoms with Gasteiger partial charge in [0.2, 0.25) is 0 Å². The van der Waals surface area contributed by atoms with Gasteiger partial charge < -0.3 is 9.64 Å². The summed E-state index contributed by atoms with van der Waals surface area (Å²) in [4.78, 5) is 27.6. The number of hydrogen-bond donors (Lipinski definition) is 0. The number of halogens is 1. The highest BCUT2D eigenvalue weighted by atomic mass is 35.5. The molecule has 1 saturated heterocycles. The van der Waals surface area contributed by atoms with Gasteiger partial charge in [0.05, 0.1) is 28.2 Å². The van der Waals surface area contributed by atoms with Crippen molar-refractivity contribution in [2.24, 2.45) is 0 Å². The fraction of sp³-hybridized carbons (Fsp3) is 0.286. The Hall–Kier alpha value is -3.93. The number of anilines is 1. The normalized spacial score (nSPS) is 15.2. The Morgan fingerprint density at radius 2 is 2.00 bits per heavy atom. The number of likely N-dealkylation sites (tertiary alicyclic amines) is 1. The second kappa shape index (κ2) is 11.4. The standard InChI is InChI=1S/C28H27ClN4O4/c1-19-5-3-4-6-22(19)17-32(24-10-9-21(15-30)26(29)14-24)25-11-12-31(18-25)16-23-8-7-20(28(34)37-2)13-27(23)33(35)36/h3-10,13-14,25H,11-12,16-18H2,1-2H3/t25-/m0/s1. The van der Waals surface area contributed by atoms with Gasteiger partial charge in [0.1, 0.15) is 6.07 Å². The van der Waals surface area contributed by atoms with Crippen molar-refractivity contribution in [3.05, 3.63) is 104 Å². The van der Waals surface area contributed by atoms with Crippen molar-refractivity contribution < 1.29 is 14.5 Å². The molecule has 1 fully saturated rings. The lowest BCUT2D eigenvalue weighted by atomic mass is 10.1. The third-order valence-corrected chi connectivity index (χ3v) is 7.10. The van der Waals surface area contributed by atoms with Gasteiger partial charge in [-0.05, 0) is 48.7 Å². The van der Waals surface area contributed by atoms with Gasteiger partial charge in [-0.3, -0.25) is 15.0 Å². The summed E-state index contributed by atoms with van der Waals surface area (Å²) < 4.78 is 4.70. The number of esters is 1. The summed E-state index contributed by atoms with van der Waals surface area (Å²) in [6.45, 7) is 4.59. The van der Waals surface area contributed by atoms with E-state index in [0.717, 1.165) is 18.7 Å². The molecule has 0 N–H and O–H groups in total. The zero-order valence-corrected chi connectivity index (χ0v) is 21.4. The number of carbonyl (C=O) groups excluding carboxylic acids is 1. The number of nitriles is 1. The van der Waals surface area contributed by atoms with Crippen molar-refractivity contribution in [1.82, 2.24) is 4.90 Å². The van der Waals surface area contributed by atoms with Crippen LogP contribution in [0, 0.1) is 28.4 Å². The fourth-order valence-corrected chi connectivity index (χ4v) is 4.96. The predicted molar refractivity (Wildman–Crippen MR) is 142 cm³/mol. The maximum atomic E-state index is 11.8. The summed E-state index contributed by atoms with van der Waals surface area (Å²) in [5.41, 5.74) is 4.33. The molecule has 0 spiro atoms. The average Bonchev–Trinajstić information content (AvgIpc) is 3.35. The van der Waals surface area contributed by atoms with Gasteiger partial charge in [-0.25, -0.2) is 4.79 Å². The van der Waals surface area contributed by atoms with E-state index in [4.69, 9.17) is 16.3 Å². The van der Waals surface area contributed by atoms with E-state index < -0.39 is 10.9 Å². The molecular weight excluding hydrogens is 492 g/mol. The minimum Gasteiger partial charge on any atom is -0.465 e. The van der Waals surface area contributed by atoms with Crippen molar-refractivity contribution in [2.45, 2.75) is 32.5 Å². The van der Waals surface area contributed by atoms with Crippen molar-refractivity contribution >= 4 is 28.9 Å². The highest BCUT2D eigenvalue weighted by Crippen LogP contribution is 2.31. The Morgan fingerprint density at radius 1 is 1.22 bits per heavy atom. The summed E-state index contributed by atoms with van der Waals surface area (Å²) in [7, 11) is 1.25. The highest BCUT2D eigenvalue weighted by Gasteiger charge is 2.30. The van der Waals surface area contributed by atoms with Gasteiger partial charge in [-0.1, -0.05) is 41.9 Å². The number of nitro groups is 1. The Bertz CT molecular complexity index is 1370. The third-order valence-electron chi connectivity index (χ3n) is 6.79. The molecule has 0 aromatic heterocycles. The molecule has 4 rings (SSSR count). The van der Waals surface area contributed by atoms with E-state index in [2.05, 4.69) is 34.9 Å². The molecular formula is C28H27ClN4O4. The van der Waals surface area contributed by atoms with E-state index >= 15 is 0 Å². The van der Waals surface area contributed by atoms with Crippen molar-refractivity contribution in [3.63, 3.8) is 0 Å². The molecule has 0 saturated carbocycles. The summed E-state index contributed by atoms with van der Waals surface area (Å²) in [5, 5.41) is 21.4. The van der Waals surface area contributed by atoms with E-state index in [9.17, 15) is 20.2 Å². The molecule has 0 amide bonds. The Labute approximate surface area is 220 Å². The van der Waals surface area contributed by atoms with Crippen LogP contribution in [0.2, 0.25) is 5.02 Å². The SMILES string of the molecule is COC(=O)c1ccc(CN2CC[C@H](N(Cc3ccccc3C)c3ccc(C#N)c(Cl)c3)C2)c([N+](=O)[O-])c1. The zero-order valence-electron chi connectivity index (χ0n) is 20.7. The van der Waals surface area contributed by atoms with Crippen LogP contribution in [0.5, 0.6) is 0 Å². The summed E-state index contributed by atoms with van der Waals surface area (Å²) in [6, 6.07) is 20.4. The van der Waals surface area contributed by atoms with Crippen LogP contribution in [0.4, 0.5) is 11.4 Å². The quantitative estimate of drug-likeness (QED) is 0.220. The van der Waals surface area contributed by atoms with Crippen LogP contribution in [-0.2, 0) is 17.8 Å². The lowest BCUT2D eigenvalue weighted by molar-refractivity contribution is -0.385. The Morgan fingerprint density at radius 3 is 2.68 bits per heavy atom. The van der Waals surface area contributed by atoms with E-state index in [0.29, 0.717) is 35.8 Å². The van der Waals surface area contributed by atoms with Crippen LogP contribution in [0.25, 0.3) is 0 Å². The largest absolute Gasteiger partial charge is 0.465 e. The number of nitro benzene ring substituents is 1. The minimum atomic E-state index is -0.608. The molecule has 1 aliphatic heterocycles. The molecule has 0 bridgehead atoms. The molecule has 190 valence electrons. The first-order valence-corrected chi connectivity index (χ1v) is 12.3. The number of rotatable bonds is 8. The van der Waals surface area contributed by atoms with E-state index in [-0.39, 0.29) is 17.3 Å². The average molecular weight is 519 g/mol. The molecule has 1 heterocycles. The molecule has 3 aromatic rings. The Balaban J connectivity index is 1.58. The van der Waals surface area contributed by atoms with Crippen LogP contribution < -0.4 is 4.90 Å². The highest BCUT2D eigenvalue weighted by molar-refractivity contribution is 6.32. The summed E-state index contributed by atoms with van der Waals surface area (Å²) in [5.74, 6) is -0.608. The molecule has 0 aliphatic carbocycles. The lowest BCUT2D eigenvalue weighted by Crippen LogP contribution is -2.37. The van der Waals surface area contributed by atoms with Gasteiger partial charge in [0.25, 0.3) is 5.69 Å². The molecule has 8 nitrogen and oxygen atoms in total. The molecule has 3 aromatic carbocycles. The van der Waals surface area contributed by atoms with Gasteiger partial charge in [-0.15, -0.1) is 0 Å². The first-order valence-electron chi connectivity index (χ1n) is 11.9. The number of methoxy groups -OCH3 is 1. The van der Waals surface area contributed by atoms with Gasteiger partial charge in [-0.2, -0.15) is 5.26 Å². The minimum absolute atomic E-state index is 0.0954. The first kappa shape index (κ1) is 26.1. The Kier molecular flexibility index (Phi) is 8.07. The second-order valence-electron chi connectivity index (χ2n) is 9.10. The topological polar surface area (TPSA) is 99.7 Å². The maximum absolute atomic E-state index is 11.8. The van der Waals surface area contributed by atoms with Crippen LogP contribution >= 0.6 is 11.6 Å². The second-order valence-corrected chi connectivity index (χ2v) is 9.51. The monoisotopic (exact) mass is 518 g/mol. The maximum Gasteiger partial charge on any atom is 0.338 e. The van der Waals surface area contributed by atoms with Gasteiger partial charge >= 0.3 is 5.97 Å². The van der Waals surface area contributed by atoms with Crippen LogP contribution in [0.15, 0.2) is 60.7 Å². The number of benzene rings is 3. The van der Waals surface area contributed by atoms with E-state index in [1.807, 2.05) is 24.3 Å². The molecule has 37 heavy (non-hydrogen) atoms. The number of nitrogens with zero attached hydrogens (tertiary/aromatic N) is 4. The fourth-order valence-electron chi connectivity index (χ4n) is 4.74. The molecule has 0 unspecified atom stereocenters. The predicted octanol–water partition coefficient (Wildman–Crippen LogP) is 5.50. The van der Waals surface area contributed by atoms with Crippen molar-refractivity contribution in [2.75, 3.05) is 25.1 Å². The number of ether oxygens (including phenoxy) is 1. The zero-order chi connectivity index (χ0) is 26.5. The number of aryl methyl sites for hydroxylation is 1. The van der Waals surface area contributed by atoms with Crippen LogP contribution in [0.1, 0.15) is 39.0 Å². The smallest absolute Gasteiger partial charge is 0.338 e. The number of carbonyl (C=O) groups is 1. The number of hydrogen-bond acceptors (Lipinski definition) is 7. The van der Waals surface area contributed by atoms with Gasteiger partial charge in [0, 0.05) is 49.5 Å². The molecule has 9 heteroatoms. The van der Waals surface area contributed by atoms with Crippen molar-refractivity contribution in [3.8, 4) is 6.07 Å². The van der Waals surface area contributed by atoms with Crippen molar-refractivity contribution in [1.29, 1.82) is 5.26 Å².